The minimum absolute atomic E-state index is 0.00951. The fraction of sp³-hybridized carbons (Fsp3) is 0.471. The minimum atomic E-state index is -0.137. The Morgan fingerprint density at radius 1 is 1.43 bits per heavy atom. The molecule has 1 aliphatic rings. The molecule has 0 aliphatic carbocycles. The number of aryl methyl sites for hydroxylation is 1. The van der Waals surface area contributed by atoms with Crippen LogP contribution in [-0.2, 0) is 17.8 Å². The van der Waals surface area contributed by atoms with Crippen LogP contribution >= 0.6 is 11.3 Å². The molecule has 0 bridgehead atoms. The van der Waals surface area contributed by atoms with Gasteiger partial charge >= 0.3 is 0 Å². The predicted molar refractivity (Wildman–Crippen MR) is 90.7 cm³/mol. The highest BCUT2D eigenvalue weighted by molar-refractivity contribution is 7.09. The molecule has 1 atom stereocenters. The number of thiazole rings is 1. The monoisotopic (exact) mass is 331 g/mol. The third kappa shape index (κ3) is 3.69. The maximum absolute atomic E-state index is 12.5. The first-order valence-corrected chi connectivity index (χ1v) is 8.93. The molecule has 0 spiro atoms. The van der Waals surface area contributed by atoms with Crippen molar-refractivity contribution in [3.63, 3.8) is 0 Å². The number of hydrogen-bond donors (Lipinski definition) is 0. The van der Waals surface area contributed by atoms with Crippen molar-refractivity contribution in [3.05, 3.63) is 50.8 Å². The molecule has 0 saturated carbocycles. The number of aromatic nitrogens is 2. The van der Waals surface area contributed by atoms with Gasteiger partial charge in [0, 0.05) is 36.7 Å². The lowest BCUT2D eigenvalue weighted by Gasteiger charge is -2.32. The van der Waals surface area contributed by atoms with E-state index in [9.17, 15) is 9.59 Å². The van der Waals surface area contributed by atoms with Gasteiger partial charge in [-0.3, -0.25) is 9.59 Å². The van der Waals surface area contributed by atoms with Crippen molar-refractivity contribution in [1.82, 2.24) is 14.5 Å². The third-order valence-electron chi connectivity index (χ3n) is 4.26. The summed E-state index contributed by atoms with van der Waals surface area (Å²) in [6.45, 7) is 3.69. The predicted octanol–water partition coefficient (Wildman–Crippen LogP) is 2.27. The molecule has 23 heavy (non-hydrogen) atoms. The van der Waals surface area contributed by atoms with E-state index < -0.39 is 0 Å². The van der Waals surface area contributed by atoms with E-state index in [0.717, 1.165) is 36.5 Å². The lowest BCUT2D eigenvalue weighted by Crippen LogP contribution is -2.42. The Bertz CT molecular complexity index is 737. The molecule has 1 aliphatic heterocycles. The van der Waals surface area contributed by atoms with Gasteiger partial charge in [-0.15, -0.1) is 11.3 Å². The van der Waals surface area contributed by atoms with E-state index in [4.69, 9.17) is 0 Å². The second-order valence-corrected chi connectivity index (χ2v) is 6.77. The molecule has 0 radical (unpaired) electrons. The lowest BCUT2D eigenvalue weighted by atomic mass is 9.98. The van der Waals surface area contributed by atoms with Crippen LogP contribution in [0.2, 0.25) is 0 Å². The number of pyridine rings is 1. The molecule has 3 rings (SSSR count). The number of carbonyl (C=O) groups is 1. The van der Waals surface area contributed by atoms with Gasteiger partial charge in [0.25, 0.3) is 5.56 Å². The molecule has 1 saturated heterocycles. The van der Waals surface area contributed by atoms with Crippen molar-refractivity contribution in [2.45, 2.75) is 38.6 Å². The van der Waals surface area contributed by atoms with E-state index in [-0.39, 0.29) is 18.0 Å². The summed E-state index contributed by atoms with van der Waals surface area (Å²) in [4.78, 5) is 30.8. The molecular weight excluding hydrogens is 310 g/mol. The van der Waals surface area contributed by atoms with Crippen LogP contribution in [0.4, 0.5) is 0 Å². The quantitative estimate of drug-likeness (QED) is 0.863. The normalized spacial score (nSPS) is 18.1. The first-order valence-electron chi connectivity index (χ1n) is 8.05. The number of nitrogens with zero attached hydrogens (tertiary/aromatic N) is 3. The van der Waals surface area contributed by atoms with Crippen LogP contribution in [-0.4, -0.2) is 33.4 Å². The van der Waals surface area contributed by atoms with Crippen molar-refractivity contribution in [3.8, 4) is 0 Å². The van der Waals surface area contributed by atoms with Crippen molar-refractivity contribution >= 4 is 17.2 Å². The fourth-order valence-corrected chi connectivity index (χ4v) is 3.95. The van der Waals surface area contributed by atoms with E-state index in [1.807, 2.05) is 4.90 Å². The average Bonchev–Trinajstić information content (AvgIpc) is 3.06. The highest BCUT2D eigenvalue weighted by atomic mass is 32.1. The van der Waals surface area contributed by atoms with Gasteiger partial charge in [0.1, 0.15) is 6.54 Å². The third-order valence-corrected chi connectivity index (χ3v) is 5.32. The topological polar surface area (TPSA) is 55.2 Å². The Morgan fingerprint density at radius 2 is 2.30 bits per heavy atom. The Kier molecular flexibility index (Phi) is 4.91. The zero-order chi connectivity index (χ0) is 16.2. The number of piperidine rings is 1. The number of amides is 1. The molecule has 5 nitrogen and oxygen atoms in total. The minimum Gasteiger partial charge on any atom is -0.340 e. The Balaban J connectivity index is 1.67. The molecule has 2 aromatic heterocycles. The van der Waals surface area contributed by atoms with E-state index in [2.05, 4.69) is 17.3 Å². The standard InChI is InChI=1S/C17H21N3O2S/c1-2-14-12-23-17(18-14)13-6-5-9-19(10-13)16(22)11-20-8-4-3-7-15(20)21/h3-4,7-8,12-13H,2,5-6,9-11H2,1H3/t13-/m0/s1. The highest BCUT2D eigenvalue weighted by Gasteiger charge is 2.26. The van der Waals surface area contributed by atoms with Crippen LogP contribution in [0, 0.1) is 0 Å². The lowest BCUT2D eigenvalue weighted by molar-refractivity contribution is -0.133. The summed E-state index contributed by atoms with van der Waals surface area (Å²) in [5.74, 6) is 0.334. The Morgan fingerprint density at radius 3 is 3.04 bits per heavy atom. The van der Waals surface area contributed by atoms with Crippen molar-refractivity contribution in [1.29, 1.82) is 0 Å². The largest absolute Gasteiger partial charge is 0.340 e. The number of hydrogen-bond acceptors (Lipinski definition) is 4. The summed E-state index contributed by atoms with van der Waals surface area (Å²) in [7, 11) is 0. The van der Waals surface area contributed by atoms with Gasteiger partial charge in [-0.2, -0.15) is 0 Å². The van der Waals surface area contributed by atoms with Gasteiger partial charge in [0.2, 0.25) is 5.91 Å². The Hall–Kier alpha value is -1.95. The van der Waals surface area contributed by atoms with Crippen LogP contribution in [0.25, 0.3) is 0 Å². The summed E-state index contributed by atoms with van der Waals surface area (Å²) in [6.07, 6.45) is 4.67. The molecule has 3 heterocycles. The zero-order valence-electron chi connectivity index (χ0n) is 13.3. The van der Waals surface area contributed by atoms with Gasteiger partial charge in [-0.1, -0.05) is 13.0 Å². The summed E-state index contributed by atoms with van der Waals surface area (Å²) in [6, 6.07) is 4.94. The van der Waals surface area contributed by atoms with Crippen molar-refractivity contribution < 1.29 is 4.79 Å². The van der Waals surface area contributed by atoms with Gasteiger partial charge in [-0.05, 0) is 25.3 Å². The molecule has 6 heteroatoms. The molecule has 1 fully saturated rings. The van der Waals surface area contributed by atoms with Crippen molar-refractivity contribution in [2.24, 2.45) is 0 Å². The number of rotatable bonds is 4. The van der Waals surface area contributed by atoms with Gasteiger partial charge in [-0.25, -0.2) is 4.98 Å². The second-order valence-electron chi connectivity index (χ2n) is 5.88. The van der Waals surface area contributed by atoms with Gasteiger partial charge in [0.15, 0.2) is 0 Å². The number of carbonyl (C=O) groups excluding carboxylic acids is 1. The molecular formula is C17H21N3O2S. The van der Waals surface area contributed by atoms with Crippen LogP contribution in [0.5, 0.6) is 0 Å². The van der Waals surface area contributed by atoms with Gasteiger partial charge in [0.05, 0.1) is 10.7 Å². The second kappa shape index (κ2) is 7.08. The summed E-state index contributed by atoms with van der Waals surface area (Å²) >= 11 is 1.70. The zero-order valence-corrected chi connectivity index (χ0v) is 14.1. The highest BCUT2D eigenvalue weighted by Crippen LogP contribution is 2.29. The molecule has 2 aromatic rings. The van der Waals surface area contributed by atoms with E-state index in [1.165, 1.54) is 10.6 Å². The molecule has 0 aromatic carbocycles. The van der Waals surface area contributed by atoms with Crippen molar-refractivity contribution in [2.75, 3.05) is 13.1 Å². The van der Waals surface area contributed by atoms with E-state index in [0.29, 0.717) is 12.5 Å². The van der Waals surface area contributed by atoms with Gasteiger partial charge < -0.3 is 9.47 Å². The molecule has 0 unspecified atom stereocenters. The summed E-state index contributed by atoms with van der Waals surface area (Å²) < 4.78 is 1.46. The SMILES string of the molecule is CCc1csc([C@H]2CCCN(C(=O)Cn3ccccc3=O)C2)n1. The van der Waals surface area contributed by atoms with Crippen LogP contribution < -0.4 is 5.56 Å². The maximum Gasteiger partial charge on any atom is 0.250 e. The smallest absolute Gasteiger partial charge is 0.250 e. The summed E-state index contributed by atoms with van der Waals surface area (Å²) in [5, 5.41) is 3.25. The average molecular weight is 331 g/mol. The molecule has 1 amide bonds. The summed E-state index contributed by atoms with van der Waals surface area (Å²) in [5.41, 5.74) is 0.992. The van der Waals surface area contributed by atoms with Crippen LogP contribution in [0.15, 0.2) is 34.6 Å². The van der Waals surface area contributed by atoms with E-state index in [1.54, 1.807) is 29.7 Å². The first-order chi connectivity index (χ1) is 11.2. The van der Waals surface area contributed by atoms with Crippen LogP contribution in [0.3, 0.4) is 0 Å². The Labute approximate surface area is 139 Å². The molecule has 0 N–H and O–H groups in total. The first kappa shape index (κ1) is 15.9. The fourth-order valence-electron chi connectivity index (χ4n) is 2.91. The van der Waals surface area contributed by atoms with Crippen LogP contribution in [0.1, 0.15) is 36.4 Å². The molecule has 122 valence electrons. The maximum atomic E-state index is 12.5. The number of likely N-dealkylation sites (tertiary alicyclic amines) is 1. The van der Waals surface area contributed by atoms with E-state index >= 15 is 0 Å².